The summed E-state index contributed by atoms with van der Waals surface area (Å²) in [4.78, 5) is 0. The van der Waals surface area contributed by atoms with E-state index in [2.05, 4.69) is 130 Å². The molecule has 1 aliphatic heterocycles. The highest BCUT2D eigenvalue weighted by Crippen LogP contribution is 2.32. The number of hydrogen-bond acceptors (Lipinski definition) is 1. The Labute approximate surface area is 197 Å². The number of ether oxygens (including phenoxy) is 1. The molecule has 2 nitrogen and oxygen atoms in total. The molecule has 33 heavy (non-hydrogen) atoms. The zero-order valence-electron chi connectivity index (χ0n) is 20.0. The molecule has 2 aromatic carbocycles. The van der Waals surface area contributed by atoms with Gasteiger partial charge in [0.1, 0.15) is 25.6 Å². The lowest BCUT2D eigenvalue weighted by atomic mass is 9.98. The predicted octanol–water partition coefficient (Wildman–Crippen LogP) is 6.92. The van der Waals surface area contributed by atoms with Gasteiger partial charge in [-0.1, -0.05) is 68.5 Å². The molecule has 2 aromatic rings. The van der Waals surface area contributed by atoms with Crippen molar-refractivity contribution < 1.29 is 9.31 Å². The van der Waals surface area contributed by atoms with Crippen LogP contribution in [0.4, 0.5) is 0 Å². The highest BCUT2D eigenvalue weighted by molar-refractivity contribution is 6.02. The third kappa shape index (κ3) is 5.59. The zero-order valence-corrected chi connectivity index (χ0v) is 20.0. The van der Waals surface area contributed by atoms with Gasteiger partial charge in [-0.15, -0.1) is 0 Å². The quantitative estimate of drug-likeness (QED) is 0.466. The topological polar surface area (TPSA) is 12.2 Å². The van der Waals surface area contributed by atoms with Gasteiger partial charge in [0.05, 0.1) is 0 Å². The average Bonchev–Trinajstić information content (AvgIpc) is 2.87. The highest BCUT2D eigenvalue weighted by atomic mass is 16.5. The highest BCUT2D eigenvalue weighted by Gasteiger charge is 2.14. The van der Waals surface area contributed by atoms with Crippen LogP contribution in [0.2, 0.25) is 0 Å². The fourth-order valence-electron chi connectivity index (χ4n) is 3.81. The Balaban J connectivity index is 1.68. The minimum absolute atomic E-state index is 0.832. The maximum atomic E-state index is 6.33. The molecular formula is C31H32NO+. The second-order valence-corrected chi connectivity index (χ2v) is 8.53. The SMILES string of the molecule is CCc1ccc(C2=C/C(=C\C=C3C=CC(=[N+](C)C)C=C3)OC(c3ccc(CC)cc3)=C2)cc1. The van der Waals surface area contributed by atoms with E-state index in [0.717, 1.165) is 41.1 Å². The molecule has 2 heteroatoms. The third-order valence-corrected chi connectivity index (χ3v) is 6.00. The minimum Gasteiger partial charge on any atom is -0.457 e. The average molecular weight is 435 g/mol. The lowest BCUT2D eigenvalue weighted by molar-refractivity contribution is -0.462. The van der Waals surface area contributed by atoms with Crippen LogP contribution >= 0.6 is 0 Å². The van der Waals surface area contributed by atoms with Gasteiger partial charge in [-0.3, -0.25) is 0 Å². The second-order valence-electron chi connectivity index (χ2n) is 8.53. The van der Waals surface area contributed by atoms with Crippen LogP contribution in [0.15, 0.2) is 108 Å². The van der Waals surface area contributed by atoms with Gasteiger partial charge < -0.3 is 4.74 Å². The number of allylic oxidation sites excluding steroid dienone is 10. The number of aryl methyl sites for hydroxylation is 2. The van der Waals surface area contributed by atoms with E-state index in [0.29, 0.717) is 0 Å². The van der Waals surface area contributed by atoms with Crippen LogP contribution in [-0.2, 0) is 17.6 Å². The van der Waals surface area contributed by atoms with E-state index in [1.54, 1.807) is 0 Å². The normalized spacial score (nSPS) is 16.4. The molecule has 0 saturated carbocycles. The van der Waals surface area contributed by atoms with Crippen molar-refractivity contribution in [2.75, 3.05) is 14.1 Å². The molecular weight excluding hydrogens is 402 g/mol. The lowest BCUT2D eigenvalue weighted by Gasteiger charge is -2.18. The summed E-state index contributed by atoms with van der Waals surface area (Å²) in [5.74, 6) is 1.70. The van der Waals surface area contributed by atoms with Crippen LogP contribution in [-0.4, -0.2) is 24.4 Å². The van der Waals surface area contributed by atoms with Crippen molar-refractivity contribution in [1.29, 1.82) is 0 Å². The first-order valence-electron chi connectivity index (χ1n) is 11.7. The van der Waals surface area contributed by atoms with Crippen molar-refractivity contribution in [2.24, 2.45) is 0 Å². The fourth-order valence-corrected chi connectivity index (χ4v) is 3.81. The summed E-state index contributed by atoms with van der Waals surface area (Å²) in [6, 6.07) is 17.5. The van der Waals surface area contributed by atoms with Gasteiger partial charge in [0.2, 0.25) is 0 Å². The van der Waals surface area contributed by atoms with Crippen LogP contribution in [0.3, 0.4) is 0 Å². The van der Waals surface area contributed by atoms with Crippen molar-refractivity contribution in [3.8, 4) is 0 Å². The van der Waals surface area contributed by atoms with Crippen LogP contribution in [0.25, 0.3) is 11.3 Å². The zero-order chi connectivity index (χ0) is 23.2. The van der Waals surface area contributed by atoms with Crippen molar-refractivity contribution in [1.82, 2.24) is 0 Å². The number of nitrogens with zero attached hydrogens (tertiary/aromatic N) is 1. The largest absolute Gasteiger partial charge is 0.457 e. The molecule has 0 amide bonds. The van der Waals surface area contributed by atoms with E-state index in [4.69, 9.17) is 4.74 Å². The number of rotatable bonds is 5. The van der Waals surface area contributed by atoms with E-state index in [1.165, 1.54) is 22.4 Å². The fraction of sp³-hybridized carbons (Fsp3) is 0.194. The number of hydrogen-bond donors (Lipinski definition) is 0. The molecule has 0 saturated heterocycles. The number of benzene rings is 2. The Bertz CT molecular complexity index is 1200. The lowest BCUT2D eigenvalue weighted by Crippen LogP contribution is -2.09. The van der Waals surface area contributed by atoms with Crippen molar-refractivity contribution >= 4 is 17.0 Å². The summed E-state index contributed by atoms with van der Waals surface area (Å²) in [6.07, 6.45) is 19.0. The van der Waals surface area contributed by atoms with Crippen LogP contribution in [0.5, 0.6) is 0 Å². The van der Waals surface area contributed by atoms with E-state index in [9.17, 15) is 0 Å². The van der Waals surface area contributed by atoms with Gasteiger partial charge in [0, 0.05) is 17.7 Å². The second kappa shape index (κ2) is 10.3. The summed E-state index contributed by atoms with van der Waals surface area (Å²) in [6.45, 7) is 4.36. The molecule has 0 unspecified atom stereocenters. The Morgan fingerprint density at radius 2 is 1.27 bits per heavy atom. The van der Waals surface area contributed by atoms with Crippen molar-refractivity contribution in [3.63, 3.8) is 0 Å². The van der Waals surface area contributed by atoms with Gasteiger partial charge in [-0.05, 0) is 71.1 Å². The standard InChI is InChI=1S/C31H32NO/c1-5-23-7-14-26(15-8-23)28-21-30(20-13-25-11-18-29(19-12-25)32(3)4)33-31(22-28)27-16-9-24(6-2)10-17-27/h7-22H,5-6H2,1-4H3/q+1/b30-20+. The third-order valence-electron chi connectivity index (χ3n) is 6.00. The van der Waals surface area contributed by atoms with Gasteiger partial charge in [0.25, 0.3) is 0 Å². The van der Waals surface area contributed by atoms with Crippen LogP contribution in [0.1, 0.15) is 36.1 Å². The molecule has 0 bridgehead atoms. The monoisotopic (exact) mass is 434 g/mol. The summed E-state index contributed by atoms with van der Waals surface area (Å²) >= 11 is 0. The Hall–Kier alpha value is -3.65. The molecule has 0 atom stereocenters. The maximum Gasteiger partial charge on any atom is 0.199 e. The minimum atomic E-state index is 0.832. The first-order chi connectivity index (χ1) is 16.1. The summed E-state index contributed by atoms with van der Waals surface area (Å²) < 4.78 is 8.44. The Kier molecular flexibility index (Phi) is 7.04. The van der Waals surface area contributed by atoms with E-state index < -0.39 is 0 Å². The molecule has 4 rings (SSSR count). The Morgan fingerprint density at radius 3 is 1.82 bits per heavy atom. The smallest absolute Gasteiger partial charge is 0.199 e. The van der Waals surface area contributed by atoms with E-state index in [1.807, 2.05) is 0 Å². The molecule has 166 valence electrons. The van der Waals surface area contributed by atoms with Gasteiger partial charge in [0.15, 0.2) is 5.71 Å². The molecule has 0 aromatic heterocycles. The molecule has 0 N–H and O–H groups in total. The first kappa shape index (κ1) is 22.5. The molecule has 0 spiro atoms. The molecule has 1 aliphatic carbocycles. The molecule has 1 heterocycles. The first-order valence-corrected chi connectivity index (χ1v) is 11.7. The molecule has 0 radical (unpaired) electrons. The molecule has 2 aliphatic rings. The predicted molar refractivity (Wildman–Crippen MR) is 140 cm³/mol. The van der Waals surface area contributed by atoms with Gasteiger partial charge in [-0.25, -0.2) is 4.58 Å². The van der Waals surface area contributed by atoms with Crippen LogP contribution in [0, 0.1) is 0 Å². The summed E-state index contributed by atoms with van der Waals surface area (Å²) in [5.41, 5.74) is 8.43. The molecule has 0 fully saturated rings. The maximum absolute atomic E-state index is 6.33. The van der Waals surface area contributed by atoms with Gasteiger partial charge >= 0.3 is 0 Å². The summed E-state index contributed by atoms with van der Waals surface area (Å²) in [5, 5.41) is 0. The van der Waals surface area contributed by atoms with E-state index >= 15 is 0 Å². The van der Waals surface area contributed by atoms with Gasteiger partial charge in [-0.2, -0.15) is 0 Å². The van der Waals surface area contributed by atoms with E-state index in [-0.39, 0.29) is 0 Å². The Morgan fingerprint density at radius 1 is 0.697 bits per heavy atom. The van der Waals surface area contributed by atoms with Crippen molar-refractivity contribution in [2.45, 2.75) is 26.7 Å². The van der Waals surface area contributed by atoms with Crippen molar-refractivity contribution in [3.05, 3.63) is 131 Å². The summed E-state index contributed by atoms with van der Waals surface area (Å²) in [7, 11) is 4.10. The van der Waals surface area contributed by atoms with Crippen LogP contribution < -0.4 is 0 Å².